The Bertz CT molecular complexity index is 643. The summed E-state index contributed by atoms with van der Waals surface area (Å²) in [5, 5.41) is 22.7. The molecule has 0 aliphatic rings. The maximum Gasteiger partial charge on any atom is 0.342 e. The summed E-state index contributed by atoms with van der Waals surface area (Å²) in [4.78, 5) is 24.9. The molecule has 2 aromatic rings. The fourth-order valence-electron chi connectivity index (χ4n) is 1.68. The fraction of sp³-hybridized carbons (Fsp3) is 0.0769. The van der Waals surface area contributed by atoms with Gasteiger partial charge in [-0.25, -0.2) is 4.79 Å². The molecule has 2 rings (SSSR count). The zero-order valence-corrected chi connectivity index (χ0v) is 10.3. The van der Waals surface area contributed by atoms with Crippen LogP contribution in [0.5, 0.6) is 0 Å². The van der Waals surface area contributed by atoms with E-state index in [0.717, 1.165) is 5.56 Å². The van der Waals surface area contributed by atoms with E-state index in [9.17, 15) is 14.9 Å². The molecule has 0 saturated heterocycles. The van der Waals surface area contributed by atoms with Crippen LogP contribution in [0.1, 0.15) is 15.9 Å². The predicted octanol–water partition coefficient (Wildman–Crippen LogP) is 2.30. The quantitative estimate of drug-likeness (QED) is 0.639. The van der Waals surface area contributed by atoms with E-state index in [-0.39, 0.29) is 5.56 Å². The van der Waals surface area contributed by atoms with Crippen LogP contribution in [0.2, 0.25) is 0 Å². The van der Waals surface area contributed by atoms with Gasteiger partial charge in [0.2, 0.25) is 0 Å². The number of hydrogen-bond acceptors (Lipinski definition) is 5. The molecule has 1 aromatic carbocycles. The SMILES string of the molecule is O=C(O)c1ccc(NCc2ccncc2)cc1[N+](=O)[O-]. The molecular weight excluding hydrogens is 262 g/mol. The van der Waals surface area contributed by atoms with Crippen LogP contribution in [-0.2, 0) is 6.54 Å². The topological polar surface area (TPSA) is 105 Å². The van der Waals surface area contributed by atoms with Crippen LogP contribution in [0, 0.1) is 10.1 Å². The van der Waals surface area contributed by atoms with E-state index in [1.807, 2.05) is 12.1 Å². The van der Waals surface area contributed by atoms with Crippen molar-refractivity contribution in [2.24, 2.45) is 0 Å². The minimum Gasteiger partial charge on any atom is -0.477 e. The third-order valence-electron chi connectivity index (χ3n) is 2.67. The van der Waals surface area contributed by atoms with E-state index in [0.29, 0.717) is 12.2 Å². The first kappa shape index (κ1) is 13.5. The van der Waals surface area contributed by atoms with Gasteiger partial charge in [-0.2, -0.15) is 0 Å². The van der Waals surface area contributed by atoms with Gasteiger partial charge in [0.1, 0.15) is 5.56 Å². The van der Waals surface area contributed by atoms with E-state index >= 15 is 0 Å². The number of nitro benzene ring substituents is 1. The van der Waals surface area contributed by atoms with Crippen molar-refractivity contribution < 1.29 is 14.8 Å². The number of anilines is 1. The average molecular weight is 273 g/mol. The predicted molar refractivity (Wildman–Crippen MR) is 71.6 cm³/mol. The van der Waals surface area contributed by atoms with Crippen LogP contribution in [0.3, 0.4) is 0 Å². The van der Waals surface area contributed by atoms with Gasteiger partial charge in [0.05, 0.1) is 4.92 Å². The van der Waals surface area contributed by atoms with Crippen molar-refractivity contribution in [1.29, 1.82) is 0 Å². The van der Waals surface area contributed by atoms with Crippen molar-refractivity contribution in [1.82, 2.24) is 4.98 Å². The third kappa shape index (κ3) is 3.08. The molecule has 102 valence electrons. The fourth-order valence-corrected chi connectivity index (χ4v) is 1.68. The number of nitro groups is 1. The molecule has 20 heavy (non-hydrogen) atoms. The lowest BCUT2D eigenvalue weighted by Crippen LogP contribution is -2.05. The van der Waals surface area contributed by atoms with Gasteiger partial charge in [-0.1, -0.05) is 0 Å². The summed E-state index contributed by atoms with van der Waals surface area (Å²) in [5.74, 6) is -1.32. The molecule has 1 heterocycles. The number of nitrogens with zero attached hydrogens (tertiary/aromatic N) is 2. The van der Waals surface area contributed by atoms with Crippen LogP contribution < -0.4 is 5.32 Å². The molecule has 0 spiro atoms. The Balaban J connectivity index is 2.19. The van der Waals surface area contributed by atoms with Crippen LogP contribution in [0.4, 0.5) is 11.4 Å². The number of carboxylic acids is 1. The van der Waals surface area contributed by atoms with Gasteiger partial charge < -0.3 is 10.4 Å². The number of carbonyl (C=O) groups is 1. The Labute approximate surface area is 114 Å². The van der Waals surface area contributed by atoms with Crippen LogP contribution in [0.25, 0.3) is 0 Å². The third-order valence-corrected chi connectivity index (χ3v) is 2.67. The number of benzene rings is 1. The van der Waals surface area contributed by atoms with Gasteiger partial charge in [-0.15, -0.1) is 0 Å². The first-order valence-corrected chi connectivity index (χ1v) is 5.72. The number of aromatic carboxylic acids is 1. The Kier molecular flexibility index (Phi) is 3.90. The highest BCUT2D eigenvalue weighted by Crippen LogP contribution is 2.23. The average Bonchev–Trinajstić information content (AvgIpc) is 2.45. The number of pyridine rings is 1. The summed E-state index contributed by atoms with van der Waals surface area (Å²) in [7, 11) is 0. The van der Waals surface area contributed by atoms with Crippen molar-refractivity contribution in [2.75, 3.05) is 5.32 Å². The van der Waals surface area contributed by atoms with E-state index in [2.05, 4.69) is 10.3 Å². The smallest absolute Gasteiger partial charge is 0.342 e. The molecule has 7 nitrogen and oxygen atoms in total. The monoisotopic (exact) mass is 273 g/mol. The zero-order valence-electron chi connectivity index (χ0n) is 10.3. The first-order chi connectivity index (χ1) is 9.58. The van der Waals surface area contributed by atoms with Crippen molar-refractivity contribution in [3.05, 3.63) is 64.0 Å². The molecule has 0 aliphatic heterocycles. The molecule has 0 radical (unpaired) electrons. The van der Waals surface area contributed by atoms with E-state index in [4.69, 9.17) is 5.11 Å². The highest BCUT2D eigenvalue weighted by atomic mass is 16.6. The second kappa shape index (κ2) is 5.79. The summed E-state index contributed by atoms with van der Waals surface area (Å²) in [5.41, 5.74) is 0.685. The minimum absolute atomic E-state index is 0.329. The molecule has 0 saturated carbocycles. The van der Waals surface area contributed by atoms with Crippen molar-refractivity contribution in [3.63, 3.8) is 0 Å². The van der Waals surface area contributed by atoms with Crippen molar-refractivity contribution in [3.8, 4) is 0 Å². The van der Waals surface area contributed by atoms with Gasteiger partial charge >= 0.3 is 5.97 Å². The largest absolute Gasteiger partial charge is 0.477 e. The van der Waals surface area contributed by atoms with Gasteiger partial charge in [-0.05, 0) is 29.8 Å². The Morgan fingerprint density at radius 2 is 2.00 bits per heavy atom. The molecule has 1 aromatic heterocycles. The Morgan fingerprint density at radius 3 is 2.60 bits per heavy atom. The molecule has 7 heteroatoms. The number of aromatic nitrogens is 1. The molecule has 2 N–H and O–H groups in total. The lowest BCUT2D eigenvalue weighted by molar-refractivity contribution is -0.385. The minimum atomic E-state index is -1.32. The standard InChI is InChI=1S/C13H11N3O4/c17-13(18)11-2-1-10(7-12(11)16(19)20)15-8-9-3-5-14-6-4-9/h1-7,15H,8H2,(H,17,18). The number of carboxylic acid groups (broad SMARTS) is 1. The summed E-state index contributed by atoms with van der Waals surface area (Å²) in [6.07, 6.45) is 3.29. The molecule has 0 unspecified atom stereocenters. The van der Waals surface area contributed by atoms with E-state index in [1.54, 1.807) is 12.4 Å². The van der Waals surface area contributed by atoms with Gasteiger partial charge in [0.15, 0.2) is 0 Å². The molecule has 0 fully saturated rings. The van der Waals surface area contributed by atoms with Gasteiger partial charge in [-0.3, -0.25) is 15.1 Å². The Morgan fingerprint density at radius 1 is 1.30 bits per heavy atom. The van der Waals surface area contributed by atoms with Crippen LogP contribution in [-0.4, -0.2) is 21.0 Å². The lowest BCUT2D eigenvalue weighted by atomic mass is 10.1. The summed E-state index contributed by atoms with van der Waals surface area (Å²) < 4.78 is 0. The maximum atomic E-state index is 10.9. The molecule has 0 amide bonds. The van der Waals surface area contributed by atoms with Crippen molar-refractivity contribution >= 4 is 17.3 Å². The molecular formula is C13H11N3O4. The molecule has 0 bridgehead atoms. The number of rotatable bonds is 5. The maximum absolute atomic E-state index is 10.9. The van der Waals surface area contributed by atoms with Crippen LogP contribution >= 0.6 is 0 Å². The number of nitrogens with one attached hydrogen (secondary N) is 1. The summed E-state index contributed by atoms with van der Waals surface area (Å²) in [6, 6.07) is 7.55. The lowest BCUT2D eigenvalue weighted by Gasteiger charge is -2.07. The second-order valence-corrected chi connectivity index (χ2v) is 4.00. The number of hydrogen-bond donors (Lipinski definition) is 2. The summed E-state index contributed by atoms with van der Waals surface area (Å²) in [6.45, 7) is 0.464. The highest BCUT2D eigenvalue weighted by molar-refractivity contribution is 5.93. The van der Waals surface area contributed by atoms with Gasteiger partial charge in [0.25, 0.3) is 5.69 Å². The highest BCUT2D eigenvalue weighted by Gasteiger charge is 2.19. The summed E-state index contributed by atoms with van der Waals surface area (Å²) >= 11 is 0. The Hall–Kier alpha value is -2.96. The van der Waals surface area contributed by atoms with Crippen molar-refractivity contribution in [2.45, 2.75) is 6.54 Å². The second-order valence-electron chi connectivity index (χ2n) is 4.00. The molecule has 0 atom stereocenters. The molecule has 0 aliphatic carbocycles. The zero-order chi connectivity index (χ0) is 14.5. The van der Waals surface area contributed by atoms with Gasteiger partial charge in [0, 0.05) is 30.7 Å². The van der Waals surface area contributed by atoms with Crippen LogP contribution in [0.15, 0.2) is 42.7 Å². The normalized spacial score (nSPS) is 10.0. The first-order valence-electron chi connectivity index (χ1n) is 5.72. The van der Waals surface area contributed by atoms with E-state index in [1.165, 1.54) is 18.2 Å². The van der Waals surface area contributed by atoms with E-state index < -0.39 is 16.6 Å².